The second kappa shape index (κ2) is 4.17. The van der Waals surface area contributed by atoms with Gasteiger partial charge in [-0.2, -0.15) is 0 Å². The number of nitro groups is 1. The van der Waals surface area contributed by atoms with E-state index in [0.29, 0.717) is 6.42 Å². The molecule has 3 rings (SSSR count). The summed E-state index contributed by atoms with van der Waals surface area (Å²) < 4.78 is -0.888. The molecule has 0 spiro atoms. The fourth-order valence-corrected chi connectivity index (χ4v) is 2.76. The first-order chi connectivity index (χ1) is 9.31. The van der Waals surface area contributed by atoms with Crippen LogP contribution in [0.2, 0.25) is 0 Å². The molecule has 104 valence electrons. The van der Waals surface area contributed by atoms with Crippen LogP contribution in [0.4, 0.5) is 5.69 Å². The van der Waals surface area contributed by atoms with Crippen LogP contribution in [-0.4, -0.2) is 32.5 Å². The lowest BCUT2D eigenvalue weighted by molar-refractivity contribution is -0.384. The lowest BCUT2D eigenvalue weighted by Gasteiger charge is -2.13. The molecule has 1 unspecified atom stereocenters. The van der Waals surface area contributed by atoms with Gasteiger partial charge in [0.15, 0.2) is 0 Å². The van der Waals surface area contributed by atoms with Crippen molar-refractivity contribution in [3.63, 3.8) is 0 Å². The Hall–Kier alpha value is -1.66. The summed E-state index contributed by atoms with van der Waals surface area (Å²) in [5.41, 5.74) is 0.0118. The Balaban J connectivity index is 1.90. The number of benzene rings is 1. The Morgan fingerprint density at radius 1 is 1.30 bits per heavy atom. The number of non-ortho nitro benzene ring substituents is 1. The summed E-state index contributed by atoms with van der Waals surface area (Å²) in [7, 11) is 0. The maximum Gasteiger partial charge on any atom is 0.270 e. The Kier molecular flexibility index (Phi) is 2.78. The van der Waals surface area contributed by atoms with Gasteiger partial charge in [-0.3, -0.25) is 24.6 Å². The van der Waals surface area contributed by atoms with E-state index >= 15 is 0 Å². The van der Waals surface area contributed by atoms with Crippen molar-refractivity contribution in [3.05, 3.63) is 39.4 Å². The topological polar surface area (TPSA) is 80.5 Å². The molecule has 6 nitrogen and oxygen atoms in total. The van der Waals surface area contributed by atoms with Gasteiger partial charge in [-0.15, -0.1) is 23.2 Å². The van der Waals surface area contributed by atoms with Crippen LogP contribution >= 0.6 is 23.2 Å². The zero-order valence-electron chi connectivity index (χ0n) is 10.0. The zero-order valence-corrected chi connectivity index (χ0v) is 11.5. The zero-order chi connectivity index (χ0) is 14.7. The number of alkyl halides is 2. The Bertz CT molecular complexity index is 659. The number of amides is 2. The van der Waals surface area contributed by atoms with E-state index in [1.54, 1.807) is 0 Å². The number of imide groups is 1. The SMILES string of the molecule is O=C1c2ccc([N+](=O)[O-])cc2C(=O)N1CC1CC1(Cl)Cl. The molecule has 0 N–H and O–H groups in total. The summed E-state index contributed by atoms with van der Waals surface area (Å²) >= 11 is 11.8. The first kappa shape index (κ1) is 13.3. The van der Waals surface area contributed by atoms with Gasteiger partial charge in [0.2, 0.25) is 0 Å². The molecule has 1 aliphatic carbocycles. The van der Waals surface area contributed by atoms with E-state index in [0.717, 1.165) is 11.0 Å². The summed E-state index contributed by atoms with van der Waals surface area (Å²) in [6.45, 7) is 0.132. The molecule has 1 aliphatic heterocycles. The lowest BCUT2D eigenvalue weighted by Crippen LogP contribution is -2.32. The van der Waals surface area contributed by atoms with Crippen molar-refractivity contribution in [2.75, 3.05) is 6.54 Å². The summed E-state index contributed by atoms with van der Waals surface area (Å²) in [5.74, 6) is -1.15. The van der Waals surface area contributed by atoms with E-state index < -0.39 is 21.1 Å². The largest absolute Gasteiger partial charge is 0.274 e. The number of rotatable bonds is 3. The molecule has 0 saturated heterocycles. The number of hydrogen-bond donors (Lipinski definition) is 0. The molecule has 2 amide bonds. The lowest BCUT2D eigenvalue weighted by atomic mass is 10.1. The van der Waals surface area contributed by atoms with Gasteiger partial charge in [-0.25, -0.2) is 0 Å². The second-order valence-corrected chi connectivity index (χ2v) is 6.41. The highest BCUT2D eigenvalue weighted by atomic mass is 35.5. The van der Waals surface area contributed by atoms with Crippen molar-refractivity contribution < 1.29 is 14.5 Å². The van der Waals surface area contributed by atoms with Crippen LogP contribution in [0.25, 0.3) is 0 Å². The standard InChI is InChI=1S/C12H8Cl2N2O4/c13-12(14)4-6(12)5-15-10(17)8-2-1-7(16(19)20)3-9(8)11(15)18/h1-3,6H,4-5H2. The van der Waals surface area contributed by atoms with Gasteiger partial charge in [0.25, 0.3) is 17.5 Å². The number of hydrogen-bond acceptors (Lipinski definition) is 4. The number of nitrogens with zero attached hydrogens (tertiary/aromatic N) is 2. The second-order valence-electron chi connectivity index (χ2n) is 4.87. The third kappa shape index (κ3) is 1.96. The number of carbonyl (C=O) groups excluding carboxylic acids is 2. The van der Waals surface area contributed by atoms with Gasteiger partial charge in [-0.1, -0.05) is 0 Å². The summed E-state index contributed by atoms with van der Waals surface area (Å²) in [4.78, 5) is 35.4. The molecule has 1 aromatic rings. The van der Waals surface area contributed by atoms with Crippen LogP contribution in [0.1, 0.15) is 27.1 Å². The molecule has 1 saturated carbocycles. The number of carbonyl (C=O) groups is 2. The molecule has 2 aliphatic rings. The van der Waals surface area contributed by atoms with Crippen molar-refractivity contribution in [3.8, 4) is 0 Å². The number of fused-ring (bicyclic) bond motifs is 1. The highest BCUT2D eigenvalue weighted by Gasteiger charge is 2.54. The number of halogens is 2. The highest BCUT2D eigenvalue weighted by Crippen LogP contribution is 2.53. The number of nitro benzene ring substituents is 1. The first-order valence-corrected chi connectivity index (χ1v) is 6.59. The molecule has 20 heavy (non-hydrogen) atoms. The predicted molar refractivity (Wildman–Crippen MR) is 71.0 cm³/mol. The third-order valence-corrected chi connectivity index (χ3v) is 4.45. The molecule has 0 radical (unpaired) electrons. The van der Waals surface area contributed by atoms with Gasteiger partial charge in [-0.05, 0) is 12.5 Å². The van der Waals surface area contributed by atoms with E-state index in [1.807, 2.05) is 0 Å². The molecule has 0 bridgehead atoms. The minimum atomic E-state index is -0.888. The molecule has 1 aromatic carbocycles. The van der Waals surface area contributed by atoms with E-state index in [1.165, 1.54) is 12.1 Å². The van der Waals surface area contributed by atoms with Crippen LogP contribution in [0.15, 0.2) is 18.2 Å². The van der Waals surface area contributed by atoms with E-state index in [-0.39, 0.29) is 29.3 Å². The minimum absolute atomic E-state index is 0.0552. The first-order valence-electron chi connectivity index (χ1n) is 5.84. The van der Waals surface area contributed by atoms with Crippen molar-refractivity contribution in [2.45, 2.75) is 10.8 Å². The van der Waals surface area contributed by atoms with Gasteiger partial charge < -0.3 is 0 Å². The summed E-state index contributed by atoms with van der Waals surface area (Å²) in [6.07, 6.45) is 0.518. The quantitative estimate of drug-likeness (QED) is 0.371. The van der Waals surface area contributed by atoms with Crippen LogP contribution in [0, 0.1) is 16.0 Å². The average molecular weight is 315 g/mol. The van der Waals surface area contributed by atoms with Crippen molar-refractivity contribution in [2.24, 2.45) is 5.92 Å². The van der Waals surface area contributed by atoms with Gasteiger partial charge >= 0.3 is 0 Å². The van der Waals surface area contributed by atoms with Crippen LogP contribution < -0.4 is 0 Å². The van der Waals surface area contributed by atoms with E-state index in [4.69, 9.17) is 23.2 Å². The van der Waals surface area contributed by atoms with Crippen molar-refractivity contribution in [1.29, 1.82) is 0 Å². The maximum absolute atomic E-state index is 12.2. The molecule has 0 aromatic heterocycles. The maximum atomic E-state index is 12.2. The van der Waals surface area contributed by atoms with Crippen LogP contribution in [-0.2, 0) is 0 Å². The van der Waals surface area contributed by atoms with Crippen molar-refractivity contribution in [1.82, 2.24) is 4.90 Å². The fraction of sp³-hybridized carbons (Fsp3) is 0.333. The third-order valence-electron chi connectivity index (χ3n) is 3.52. The molecule has 1 atom stereocenters. The van der Waals surface area contributed by atoms with Gasteiger partial charge in [0, 0.05) is 24.6 Å². The Morgan fingerprint density at radius 3 is 2.45 bits per heavy atom. The molecule has 1 heterocycles. The Morgan fingerprint density at radius 2 is 1.90 bits per heavy atom. The van der Waals surface area contributed by atoms with Crippen LogP contribution in [0.5, 0.6) is 0 Å². The normalized spacial score (nSPS) is 22.9. The predicted octanol–water partition coefficient (Wildman–Crippen LogP) is 2.38. The summed E-state index contributed by atoms with van der Waals surface area (Å²) in [6, 6.07) is 3.63. The smallest absolute Gasteiger partial charge is 0.270 e. The average Bonchev–Trinajstić information content (AvgIpc) is 2.93. The molecular formula is C12H8Cl2N2O4. The van der Waals surface area contributed by atoms with E-state index in [9.17, 15) is 19.7 Å². The fourth-order valence-electron chi connectivity index (χ4n) is 2.25. The highest BCUT2D eigenvalue weighted by molar-refractivity contribution is 6.50. The van der Waals surface area contributed by atoms with Crippen LogP contribution in [0.3, 0.4) is 0 Å². The Labute approximate surface area is 123 Å². The van der Waals surface area contributed by atoms with E-state index in [2.05, 4.69) is 0 Å². The molecule has 1 fully saturated rings. The monoisotopic (exact) mass is 314 g/mol. The molecule has 8 heteroatoms. The van der Waals surface area contributed by atoms with Gasteiger partial charge in [0.05, 0.1) is 16.1 Å². The van der Waals surface area contributed by atoms with Crippen molar-refractivity contribution >= 4 is 40.7 Å². The summed E-state index contributed by atoms with van der Waals surface area (Å²) in [5, 5.41) is 10.7. The minimum Gasteiger partial charge on any atom is -0.274 e. The van der Waals surface area contributed by atoms with Gasteiger partial charge in [0.1, 0.15) is 4.33 Å². The molecular weight excluding hydrogens is 307 g/mol.